The lowest BCUT2D eigenvalue weighted by Gasteiger charge is -2.38. The Balaban J connectivity index is 2.37. The van der Waals surface area contributed by atoms with Gasteiger partial charge >= 0.3 is 6.09 Å². The lowest BCUT2D eigenvalue weighted by atomic mass is 9.94. The molecule has 0 aliphatic carbocycles. The highest BCUT2D eigenvalue weighted by molar-refractivity contribution is 5.72. The first-order valence-electron chi connectivity index (χ1n) is 6.07. The number of benzene rings is 1. The Morgan fingerprint density at radius 3 is 2.22 bits per heavy atom. The van der Waals surface area contributed by atoms with Crippen molar-refractivity contribution in [2.24, 2.45) is 0 Å². The Kier molecular flexibility index (Phi) is 2.86. The summed E-state index contributed by atoms with van der Waals surface area (Å²) < 4.78 is 5.26. The predicted molar refractivity (Wildman–Crippen MR) is 67.9 cm³/mol. The fraction of sp³-hybridized carbons (Fsp3) is 0.500. The first-order chi connectivity index (χ1) is 8.27. The summed E-state index contributed by atoms with van der Waals surface area (Å²) in [5.74, 6) is 0. The Labute approximate surface area is 107 Å². The maximum atomic E-state index is 12.0. The predicted octanol–water partition coefficient (Wildman–Crippen LogP) is 2.69. The van der Waals surface area contributed by atoms with Crippen molar-refractivity contribution >= 4 is 6.09 Å². The van der Waals surface area contributed by atoms with Crippen molar-refractivity contribution in [3.8, 4) is 0 Å². The monoisotopic (exact) mass is 249 g/mol. The molecule has 1 aliphatic heterocycles. The first kappa shape index (κ1) is 12.9. The second-order valence-electron chi connectivity index (χ2n) is 5.36. The van der Waals surface area contributed by atoms with E-state index in [-0.39, 0.29) is 6.04 Å². The van der Waals surface area contributed by atoms with Crippen LogP contribution in [0, 0.1) is 0 Å². The van der Waals surface area contributed by atoms with Crippen LogP contribution in [0.3, 0.4) is 0 Å². The highest BCUT2D eigenvalue weighted by Gasteiger charge is 2.58. The van der Waals surface area contributed by atoms with Gasteiger partial charge in [-0.2, -0.15) is 0 Å². The summed E-state index contributed by atoms with van der Waals surface area (Å²) in [4.78, 5) is 13.4. The molecule has 0 radical (unpaired) electrons. The van der Waals surface area contributed by atoms with Gasteiger partial charge in [-0.1, -0.05) is 30.3 Å². The number of rotatable bonds is 2. The molecule has 2 rings (SSSR count). The zero-order valence-electron chi connectivity index (χ0n) is 11.2. The number of hydrogen-bond acceptors (Lipinski definition) is 3. The smallest absolute Gasteiger partial charge is 0.413 e. The van der Waals surface area contributed by atoms with Crippen LogP contribution in [-0.4, -0.2) is 27.4 Å². The van der Waals surface area contributed by atoms with Crippen LogP contribution in [0.15, 0.2) is 30.3 Å². The van der Waals surface area contributed by atoms with Crippen molar-refractivity contribution in [3.63, 3.8) is 0 Å². The van der Waals surface area contributed by atoms with Gasteiger partial charge in [-0.05, 0) is 33.3 Å². The molecule has 98 valence electrons. The maximum Gasteiger partial charge on any atom is 0.413 e. The van der Waals surface area contributed by atoms with Crippen LogP contribution in [0.25, 0.3) is 0 Å². The van der Waals surface area contributed by atoms with E-state index in [0.717, 1.165) is 5.56 Å². The third-order valence-electron chi connectivity index (χ3n) is 3.82. The number of amides is 1. The summed E-state index contributed by atoms with van der Waals surface area (Å²) in [6.07, 6.45) is -0.485. The van der Waals surface area contributed by atoms with Gasteiger partial charge in [0.05, 0.1) is 6.04 Å². The van der Waals surface area contributed by atoms with Crippen LogP contribution in [0.4, 0.5) is 4.79 Å². The fourth-order valence-electron chi connectivity index (χ4n) is 2.25. The quantitative estimate of drug-likeness (QED) is 0.876. The Morgan fingerprint density at radius 1 is 1.22 bits per heavy atom. The summed E-state index contributed by atoms with van der Waals surface area (Å²) in [6.45, 7) is 6.91. The van der Waals surface area contributed by atoms with Crippen molar-refractivity contribution in [2.45, 2.75) is 45.1 Å². The molecule has 1 fully saturated rings. The molecule has 0 aromatic heterocycles. The second-order valence-corrected chi connectivity index (χ2v) is 5.36. The molecule has 4 heteroatoms. The van der Waals surface area contributed by atoms with Crippen LogP contribution in [0.5, 0.6) is 0 Å². The number of carbonyl (C=O) groups is 1. The third-order valence-corrected chi connectivity index (χ3v) is 3.82. The molecular weight excluding hydrogens is 230 g/mol. The SMILES string of the molecule is C[C@@H](c1ccccc1)N1C(=O)OC(C)(C)[C@@]1(C)O. The largest absolute Gasteiger partial charge is 0.438 e. The van der Waals surface area contributed by atoms with E-state index in [1.165, 1.54) is 4.90 Å². The molecule has 0 spiro atoms. The van der Waals surface area contributed by atoms with Crippen molar-refractivity contribution in [2.75, 3.05) is 0 Å². The summed E-state index contributed by atoms with van der Waals surface area (Å²) in [7, 11) is 0. The van der Waals surface area contributed by atoms with Crippen LogP contribution in [0.1, 0.15) is 39.3 Å². The van der Waals surface area contributed by atoms with Gasteiger partial charge in [0.15, 0.2) is 11.3 Å². The summed E-state index contributed by atoms with van der Waals surface area (Å²) in [5, 5.41) is 10.6. The first-order valence-corrected chi connectivity index (χ1v) is 6.07. The Hall–Kier alpha value is -1.55. The van der Waals surface area contributed by atoms with Gasteiger partial charge in [-0.3, -0.25) is 4.90 Å². The van der Waals surface area contributed by atoms with Gasteiger partial charge in [0.1, 0.15) is 0 Å². The van der Waals surface area contributed by atoms with E-state index in [0.29, 0.717) is 0 Å². The molecule has 1 amide bonds. The number of cyclic esters (lactones) is 1. The molecule has 0 saturated carbocycles. The normalized spacial score (nSPS) is 28.1. The van der Waals surface area contributed by atoms with E-state index in [1.807, 2.05) is 37.3 Å². The minimum absolute atomic E-state index is 0.240. The number of nitrogens with zero attached hydrogens (tertiary/aromatic N) is 1. The van der Waals surface area contributed by atoms with E-state index in [4.69, 9.17) is 4.74 Å². The Bertz CT molecular complexity index is 453. The molecule has 1 N–H and O–H groups in total. The molecule has 0 bridgehead atoms. The van der Waals surface area contributed by atoms with Crippen LogP contribution in [-0.2, 0) is 4.74 Å². The van der Waals surface area contributed by atoms with Gasteiger partial charge in [0.25, 0.3) is 0 Å². The average molecular weight is 249 g/mol. The summed E-state index contributed by atoms with van der Waals surface area (Å²) >= 11 is 0. The van der Waals surface area contributed by atoms with Crippen LogP contribution in [0.2, 0.25) is 0 Å². The molecule has 18 heavy (non-hydrogen) atoms. The third kappa shape index (κ3) is 1.77. The lowest BCUT2D eigenvalue weighted by molar-refractivity contribution is -0.136. The van der Waals surface area contributed by atoms with Crippen molar-refractivity contribution in [1.82, 2.24) is 4.90 Å². The molecule has 1 saturated heterocycles. The van der Waals surface area contributed by atoms with Gasteiger partial charge in [0, 0.05) is 0 Å². The zero-order valence-corrected chi connectivity index (χ0v) is 11.2. The van der Waals surface area contributed by atoms with Crippen molar-refractivity contribution in [3.05, 3.63) is 35.9 Å². The average Bonchev–Trinajstić information content (AvgIpc) is 2.44. The zero-order chi connectivity index (χ0) is 13.6. The van der Waals surface area contributed by atoms with E-state index in [1.54, 1.807) is 20.8 Å². The minimum Gasteiger partial charge on any atom is -0.438 e. The summed E-state index contributed by atoms with van der Waals surface area (Å²) in [6, 6.07) is 9.36. The minimum atomic E-state index is -1.33. The standard InChI is InChI=1S/C14H19NO3/c1-10(11-8-6-5-7-9-11)15-12(16)18-13(2,3)14(15,4)17/h5-10,17H,1-4H3/t10-,14+/m0/s1. The molecular formula is C14H19NO3. The van der Waals surface area contributed by atoms with E-state index >= 15 is 0 Å². The lowest BCUT2D eigenvalue weighted by Crippen LogP contribution is -2.54. The number of carbonyl (C=O) groups excluding carboxylic acids is 1. The molecule has 2 atom stereocenters. The van der Waals surface area contributed by atoms with Crippen molar-refractivity contribution in [1.29, 1.82) is 0 Å². The van der Waals surface area contributed by atoms with Crippen LogP contribution < -0.4 is 0 Å². The summed E-state index contributed by atoms with van der Waals surface area (Å²) in [5.41, 5.74) is -1.29. The number of ether oxygens (including phenoxy) is 1. The molecule has 4 nitrogen and oxygen atoms in total. The second kappa shape index (κ2) is 3.99. The molecule has 0 unspecified atom stereocenters. The number of hydrogen-bond donors (Lipinski definition) is 1. The molecule has 1 aromatic rings. The van der Waals surface area contributed by atoms with E-state index in [2.05, 4.69) is 0 Å². The topological polar surface area (TPSA) is 49.8 Å². The van der Waals surface area contributed by atoms with Crippen molar-refractivity contribution < 1.29 is 14.6 Å². The molecule has 1 heterocycles. The van der Waals surface area contributed by atoms with E-state index in [9.17, 15) is 9.90 Å². The Morgan fingerprint density at radius 2 is 1.78 bits per heavy atom. The fourth-order valence-corrected chi connectivity index (χ4v) is 2.25. The van der Waals surface area contributed by atoms with E-state index < -0.39 is 17.4 Å². The van der Waals surface area contributed by atoms with Gasteiger partial charge in [-0.25, -0.2) is 4.79 Å². The number of aliphatic hydroxyl groups is 1. The molecule has 1 aliphatic rings. The van der Waals surface area contributed by atoms with Crippen LogP contribution >= 0.6 is 0 Å². The van der Waals surface area contributed by atoms with Gasteiger partial charge in [-0.15, -0.1) is 0 Å². The molecule has 1 aromatic carbocycles. The highest BCUT2D eigenvalue weighted by Crippen LogP contribution is 2.41. The highest BCUT2D eigenvalue weighted by atomic mass is 16.6. The van der Waals surface area contributed by atoms with Gasteiger partial charge < -0.3 is 9.84 Å². The van der Waals surface area contributed by atoms with Gasteiger partial charge in [0.2, 0.25) is 0 Å². The maximum absolute atomic E-state index is 12.0.